The molecule has 0 bridgehead atoms. The lowest BCUT2D eigenvalue weighted by atomic mass is 9.80. The van der Waals surface area contributed by atoms with Gasteiger partial charge in [0.25, 0.3) is 0 Å². The Bertz CT molecular complexity index is 320. The molecule has 1 aromatic rings. The van der Waals surface area contributed by atoms with Gasteiger partial charge >= 0.3 is 7.12 Å². The predicted molar refractivity (Wildman–Crippen MR) is 48.0 cm³/mol. The van der Waals surface area contributed by atoms with E-state index in [-0.39, 0.29) is 10.4 Å². The molecule has 0 heterocycles. The van der Waals surface area contributed by atoms with Crippen LogP contribution in [0.5, 0.6) is 0 Å². The highest BCUT2D eigenvalue weighted by Gasteiger charge is 2.19. The number of thioether (sulfide) groups is 1. The van der Waals surface area contributed by atoms with Crippen LogP contribution < -0.4 is 5.46 Å². The Kier molecular flexibility index (Phi) is 3.30. The summed E-state index contributed by atoms with van der Waals surface area (Å²) in [4.78, 5) is 0.0522. The van der Waals surface area contributed by atoms with Gasteiger partial charge in [0.15, 0.2) is 0 Å². The first-order chi connectivity index (χ1) is 6.06. The minimum Gasteiger partial charge on any atom is -0.423 e. The second-order valence-electron chi connectivity index (χ2n) is 2.38. The van der Waals surface area contributed by atoms with Gasteiger partial charge in [-0.3, -0.25) is 0 Å². The smallest absolute Gasteiger partial charge is 0.423 e. The molecule has 13 heavy (non-hydrogen) atoms. The lowest BCUT2D eigenvalue weighted by Gasteiger charge is -2.07. The van der Waals surface area contributed by atoms with Crippen molar-refractivity contribution in [1.29, 1.82) is 0 Å². The Morgan fingerprint density at radius 3 is 2.38 bits per heavy atom. The van der Waals surface area contributed by atoms with Crippen LogP contribution in [0.15, 0.2) is 17.0 Å². The van der Waals surface area contributed by atoms with Gasteiger partial charge in [-0.25, -0.2) is 8.78 Å². The zero-order valence-electron chi connectivity index (χ0n) is 6.79. The largest absolute Gasteiger partial charge is 0.489 e. The number of hydrogen-bond donors (Lipinski definition) is 2. The van der Waals surface area contributed by atoms with E-state index in [9.17, 15) is 8.78 Å². The standard InChI is InChI=1S/C7H7BF2O2S/c1-13-7-5(8(11)12)2-4(9)3-6(7)10/h2-3,11-12H,1H3. The van der Waals surface area contributed by atoms with E-state index in [0.29, 0.717) is 6.07 Å². The van der Waals surface area contributed by atoms with E-state index in [1.54, 1.807) is 6.26 Å². The molecule has 0 radical (unpaired) electrons. The Labute approximate surface area is 78.7 Å². The molecule has 0 aliphatic carbocycles. The molecule has 0 saturated carbocycles. The lowest BCUT2D eigenvalue weighted by molar-refractivity contribution is 0.423. The van der Waals surface area contributed by atoms with Crippen molar-refractivity contribution in [1.82, 2.24) is 0 Å². The van der Waals surface area contributed by atoms with E-state index >= 15 is 0 Å². The predicted octanol–water partition coefficient (Wildman–Crippen LogP) is 0.366. The van der Waals surface area contributed by atoms with E-state index in [1.807, 2.05) is 0 Å². The van der Waals surface area contributed by atoms with Gasteiger partial charge in [-0.2, -0.15) is 0 Å². The molecular weight excluding hydrogens is 197 g/mol. The average molecular weight is 204 g/mol. The van der Waals surface area contributed by atoms with Crippen molar-refractivity contribution in [2.45, 2.75) is 4.90 Å². The zero-order chi connectivity index (χ0) is 10.0. The topological polar surface area (TPSA) is 40.5 Å². The molecule has 0 unspecified atom stereocenters. The Balaban J connectivity index is 3.29. The molecule has 0 fully saturated rings. The minimum absolute atomic E-state index is 0.0522. The number of rotatable bonds is 2. The second-order valence-corrected chi connectivity index (χ2v) is 3.20. The molecule has 2 nitrogen and oxygen atoms in total. The summed E-state index contributed by atoms with van der Waals surface area (Å²) < 4.78 is 25.6. The number of halogens is 2. The molecule has 70 valence electrons. The molecule has 0 atom stereocenters. The fraction of sp³-hybridized carbons (Fsp3) is 0.143. The highest BCUT2D eigenvalue weighted by atomic mass is 32.2. The molecule has 0 aromatic heterocycles. The third-order valence-electron chi connectivity index (χ3n) is 1.52. The van der Waals surface area contributed by atoms with Crippen molar-refractivity contribution in [3.8, 4) is 0 Å². The molecule has 0 aliphatic rings. The van der Waals surface area contributed by atoms with Gasteiger partial charge in [-0.15, -0.1) is 11.8 Å². The summed E-state index contributed by atoms with van der Waals surface area (Å²) in [6.45, 7) is 0. The van der Waals surface area contributed by atoms with Crippen LogP contribution in [0.1, 0.15) is 0 Å². The van der Waals surface area contributed by atoms with Crippen LogP contribution in [0.4, 0.5) is 8.78 Å². The van der Waals surface area contributed by atoms with Gasteiger partial charge < -0.3 is 10.0 Å². The second kappa shape index (κ2) is 4.08. The molecule has 1 aromatic carbocycles. The third-order valence-corrected chi connectivity index (χ3v) is 2.36. The highest BCUT2D eigenvalue weighted by molar-refractivity contribution is 7.98. The first-order valence-corrected chi connectivity index (χ1v) is 4.67. The summed E-state index contributed by atoms with van der Waals surface area (Å²) in [5.41, 5.74) is -0.148. The Morgan fingerprint density at radius 2 is 1.92 bits per heavy atom. The van der Waals surface area contributed by atoms with Crippen molar-refractivity contribution in [3.05, 3.63) is 23.8 Å². The molecular formula is C7H7BF2O2S. The van der Waals surface area contributed by atoms with Gasteiger partial charge in [0.1, 0.15) is 11.6 Å². The first-order valence-electron chi connectivity index (χ1n) is 3.45. The van der Waals surface area contributed by atoms with Crippen LogP contribution in [-0.4, -0.2) is 23.4 Å². The van der Waals surface area contributed by atoms with Crippen molar-refractivity contribution in [2.75, 3.05) is 6.26 Å². The quantitative estimate of drug-likeness (QED) is 0.540. The maximum atomic E-state index is 13.0. The van der Waals surface area contributed by atoms with Gasteiger partial charge in [0, 0.05) is 16.4 Å². The van der Waals surface area contributed by atoms with Gasteiger partial charge in [0.2, 0.25) is 0 Å². The van der Waals surface area contributed by atoms with E-state index in [2.05, 4.69) is 0 Å². The molecule has 2 N–H and O–H groups in total. The summed E-state index contributed by atoms with van der Waals surface area (Å²) >= 11 is 0.997. The van der Waals surface area contributed by atoms with Crippen LogP contribution >= 0.6 is 11.8 Å². The summed E-state index contributed by atoms with van der Waals surface area (Å²) in [6.07, 6.45) is 1.57. The fourth-order valence-electron chi connectivity index (χ4n) is 0.987. The Morgan fingerprint density at radius 1 is 1.31 bits per heavy atom. The van der Waals surface area contributed by atoms with Crippen LogP contribution in [-0.2, 0) is 0 Å². The van der Waals surface area contributed by atoms with Crippen LogP contribution in [0.3, 0.4) is 0 Å². The molecule has 1 rings (SSSR count). The molecule has 0 aliphatic heterocycles. The maximum Gasteiger partial charge on any atom is 0.489 e. The van der Waals surface area contributed by atoms with Crippen molar-refractivity contribution >= 4 is 24.3 Å². The third kappa shape index (κ3) is 2.21. The van der Waals surface area contributed by atoms with Gasteiger partial charge in [0.05, 0.1) is 0 Å². The summed E-state index contributed by atoms with van der Waals surface area (Å²) in [6, 6.07) is 1.61. The summed E-state index contributed by atoms with van der Waals surface area (Å²) in [5, 5.41) is 17.6. The Hall–Kier alpha value is -0.585. The number of benzene rings is 1. The van der Waals surface area contributed by atoms with E-state index in [0.717, 1.165) is 17.8 Å². The van der Waals surface area contributed by atoms with Gasteiger partial charge in [-0.05, 0) is 12.3 Å². The summed E-state index contributed by atoms with van der Waals surface area (Å²) in [5.74, 6) is -1.60. The van der Waals surface area contributed by atoms with Crippen LogP contribution in [0.25, 0.3) is 0 Å². The lowest BCUT2D eigenvalue weighted by Crippen LogP contribution is -2.32. The number of hydrogen-bond acceptors (Lipinski definition) is 3. The first kappa shape index (κ1) is 10.5. The van der Waals surface area contributed by atoms with Crippen LogP contribution in [0, 0.1) is 11.6 Å². The van der Waals surface area contributed by atoms with E-state index in [4.69, 9.17) is 10.0 Å². The zero-order valence-corrected chi connectivity index (χ0v) is 7.61. The molecule has 6 heteroatoms. The van der Waals surface area contributed by atoms with Crippen LogP contribution in [0.2, 0.25) is 0 Å². The summed E-state index contributed by atoms with van der Waals surface area (Å²) in [7, 11) is -1.85. The van der Waals surface area contributed by atoms with E-state index < -0.39 is 18.8 Å². The van der Waals surface area contributed by atoms with Crippen molar-refractivity contribution < 1.29 is 18.8 Å². The maximum absolute atomic E-state index is 13.0. The minimum atomic E-state index is -1.85. The normalized spacial score (nSPS) is 10.2. The molecule has 0 saturated heterocycles. The molecule has 0 amide bonds. The molecule has 0 spiro atoms. The van der Waals surface area contributed by atoms with Crippen molar-refractivity contribution in [3.63, 3.8) is 0 Å². The van der Waals surface area contributed by atoms with Crippen molar-refractivity contribution in [2.24, 2.45) is 0 Å². The van der Waals surface area contributed by atoms with Gasteiger partial charge in [-0.1, -0.05) is 0 Å². The highest BCUT2D eigenvalue weighted by Crippen LogP contribution is 2.17. The van der Waals surface area contributed by atoms with E-state index in [1.165, 1.54) is 0 Å². The SMILES string of the molecule is CSc1c(F)cc(F)cc1B(O)O. The fourth-order valence-corrected chi connectivity index (χ4v) is 1.64. The average Bonchev–Trinajstić information content (AvgIpc) is 2.02. The monoisotopic (exact) mass is 204 g/mol.